The van der Waals surface area contributed by atoms with E-state index < -0.39 is 0 Å². The fourth-order valence-electron chi connectivity index (χ4n) is 2.03. The first-order chi connectivity index (χ1) is 8.11. The van der Waals surface area contributed by atoms with E-state index in [0.29, 0.717) is 6.42 Å². The van der Waals surface area contributed by atoms with Crippen molar-refractivity contribution in [3.8, 4) is 0 Å². The Kier molecular flexibility index (Phi) is 3.44. The first kappa shape index (κ1) is 12.1. The fraction of sp³-hybridized carbons (Fsp3) is 0.636. The highest BCUT2D eigenvalue weighted by molar-refractivity contribution is 5.96. The smallest absolute Gasteiger partial charge is 0.241 e. The van der Waals surface area contributed by atoms with Crippen molar-refractivity contribution in [3.05, 3.63) is 11.4 Å². The molecule has 1 aromatic rings. The maximum absolute atomic E-state index is 12.0. The molecule has 94 valence electrons. The molecule has 2 atom stereocenters. The predicted octanol–water partition coefficient (Wildman–Crippen LogP) is 0.342. The number of H-pyrrole nitrogens is 1. The van der Waals surface area contributed by atoms with Crippen LogP contribution < -0.4 is 10.6 Å². The molecule has 2 heterocycles. The van der Waals surface area contributed by atoms with E-state index >= 15 is 0 Å². The lowest BCUT2D eigenvalue weighted by Crippen LogP contribution is -2.35. The van der Waals surface area contributed by atoms with Gasteiger partial charge < -0.3 is 15.4 Å². The van der Waals surface area contributed by atoms with Gasteiger partial charge in [-0.25, -0.2) is 0 Å². The number of aromatic nitrogens is 2. The molecule has 1 aromatic heterocycles. The van der Waals surface area contributed by atoms with Crippen molar-refractivity contribution in [3.63, 3.8) is 0 Å². The van der Waals surface area contributed by atoms with Crippen molar-refractivity contribution in [2.45, 2.75) is 32.4 Å². The highest BCUT2D eigenvalue weighted by atomic mass is 16.5. The maximum Gasteiger partial charge on any atom is 0.241 e. The summed E-state index contributed by atoms with van der Waals surface area (Å²) in [6.45, 7) is 4.47. The number of hydrogen-bond acceptors (Lipinski definition) is 4. The minimum absolute atomic E-state index is 0.0304. The molecule has 0 saturated carbocycles. The molecule has 2 unspecified atom stereocenters. The molecule has 1 saturated heterocycles. The van der Waals surface area contributed by atoms with Crippen LogP contribution in [0.25, 0.3) is 0 Å². The van der Waals surface area contributed by atoms with Crippen molar-refractivity contribution < 1.29 is 9.53 Å². The summed E-state index contributed by atoms with van der Waals surface area (Å²) in [6, 6.07) is -0.186. The third-order valence-corrected chi connectivity index (χ3v) is 3.12. The summed E-state index contributed by atoms with van der Waals surface area (Å²) in [4.78, 5) is 12.0. The van der Waals surface area contributed by atoms with E-state index in [1.807, 2.05) is 13.8 Å². The van der Waals surface area contributed by atoms with Gasteiger partial charge in [-0.2, -0.15) is 5.10 Å². The number of rotatable bonds is 3. The summed E-state index contributed by atoms with van der Waals surface area (Å²) in [7, 11) is 1.66. The van der Waals surface area contributed by atoms with Crippen molar-refractivity contribution in [1.29, 1.82) is 0 Å². The molecule has 2 rings (SSSR count). The molecule has 0 bridgehead atoms. The maximum atomic E-state index is 12.0. The summed E-state index contributed by atoms with van der Waals surface area (Å²) in [6.07, 6.45) is 0.829. The molecule has 0 radical (unpaired) electrons. The zero-order valence-corrected chi connectivity index (χ0v) is 10.3. The van der Waals surface area contributed by atoms with Crippen LogP contribution in [0.1, 0.15) is 17.8 Å². The van der Waals surface area contributed by atoms with Gasteiger partial charge in [0.25, 0.3) is 0 Å². The van der Waals surface area contributed by atoms with Gasteiger partial charge in [0.1, 0.15) is 0 Å². The van der Waals surface area contributed by atoms with E-state index in [0.717, 1.165) is 23.6 Å². The molecule has 0 aromatic carbocycles. The van der Waals surface area contributed by atoms with Crippen LogP contribution in [0.15, 0.2) is 0 Å². The van der Waals surface area contributed by atoms with Crippen molar-refractivity contribution >= 4 is 11.6 Å². The average molecular weight is 238 g/mol. The van der Waals surface area contributed by atoms with E-state index in [1.54, 1.807) is 7.11 Å². The Labute approximate surface area is 100 Å². The van der Waals surface area contributed by atoms with Gasteiger partial charge >= 0.3 is 0 Å². The zero-order valence-electron chi connectivity index (χ0n) is 10.3. The SMILES string of the molecule is COC1CNC(C(=O)Nc2c(C)n[nH]c2C)C1. The van der Waals surface area contributed by atoms with Crippen molar-refractivity contribution in [2.75, 3.05) is 19.0 Å². The first-order valence-electron chi connectivity index (χ1n) is 5.70. The summed E-state index contributed by atoms with van der Waals surface area (Å²) in [5.41, 5.74) is 2.45. The van der Waals surface area contributed by atoms with Gasteiger partial charge in [0.2, 0.25) is 5.91 Å². The van der Waals surface area contributed by atoms with Crippen LogP contribution in [0.3, 0.4) is 0 Å². The van der Waals surface area contributed by atoms with Crippen molar-refractivity contribution in [2.24, 2.45) is 0 Å². The van der Waals surface area contributed by atoms with Crippen LogP contribution in [0.4, 0.5) is 5.69 Å². The van der Waals surface area contributed by atoms with Crippen LogP contribution in [0, 0.1) is 13.8 Å². The molecule has 0 aliphatic carbocycles. The minimum Gasteiger partial charge on any atom is -0.380 e. The summed E-state index contributed by atoms with van der Waals surface area (Å²) >= 11 is 0. The van der Waals surface area contributed by atoms with Crippen molar-refractivity contribution in [1.82, 2.24) is 15.5 Å². The van der Waals surface area contributed by atoms with Gasteiger partial charge in [0.15, 0.2) is 0 Å². The molecular formula is C11H18N4O2. The van der Waals surface area contributed by atoms with Gasteiger partial charge in [-0.1, -0.05) is 0 Å². The van der Waals surface area contributed by atoms with Gasteiger partial charge in [0, 0.05) is 13.7 Å². The van der Waals surface area contributed by atoms with Crippen LogP contribution in [0.5, 0.6) is 0 Å². The van der Waals surface area contributed by atoms with Crippen LogP contribution in [0.2, 0.25) is 0 Å². The van der Waals surface area contributed by atoms with Gasteiger partial charge in [-0.15, -0.1) is 0 Å². The lowest BCUT2D eigenvalue weighted by Gasteiger charge is -2.11. The van der Waals surface area contributed by atoms with Gasteiger partial charge in [0.05, 0.1) is 29.2 Å². The van der Waals surface area contributed by atoms with Gasteiger partial charge in [-0.05, 0) is 20.3 Å². The van der Waals surface area contributed by atoms with Gasteiger partial charge in [-0.3, -0.25) is 9.89 Å². The lowest BCUT2D eigenvalue weighted by molar-refractivity contribution is -0.118. The second kappa shape index (κ2) is 4.85. The molecule has 1 fully saturated rings. The van der Waals surface area contributed by atoms with Crippen LogP contribution in [-0.4, -0.2) is 41.9 Å². The third kappa shape index (κ3) is 2.48. The highest BCUT2D eigenvalue weighted by Crippen LogP contribution is 2.18. The number of methoxy groups -OCH3 is 1. The molecule has 1 aliphatic heterocycles. The molecule has 1 amide bonds. The minimum atomic E-state index is -0.186. The number of ether oxygens (including phenoxy) is 1. The average Bonchev–Trinajstić information content (AvgIpc) is 2.90. The molecular weight excluding hydrogens is 220 g/mol. The zero-order chi connectivity index (χ0) is 12.4. The van der Waals surface area contributed by atoms with E-state index in [1.165, 1.54) is 0 Å². The van der Waals surface area contributed by atoms with E-state index in [9.17, 15) is 4.79 Å². The Morgan fingerprint density at radius 1 is 1.53 bits per heavy atom. The number of anilines is 1. The molecule has 0 spiro atoms. The topological polar surface area (TPSA) is 79.0 Å². The number of aryl methyl sites for hydroxylation is 2. The normalized spacial score (nSPS) is 23.9. The molecule has 3 N–H and O–H groups in total. The summed E-state index contributed by atoms with van der Waals surface area (Å²) in [5.74, 6) is -0.0304. The van der Waals surface area contributed by atoms with E-state index in [-0.39, 0.29) is 18.1 Å². The quantitative estimate of drug-likeness (QED) is 0.709. The largest absolute Gasteiger partial charge is 0.380 e. The number of hydrogen-bond donors (Lipinski definition) is 3. The monoisotopic (exact) mass is 238 g/mol. The fourth-order valence-corrected chi connectivity index (χ4v) is 2.03. The van der Waals surface area contributed by atoms with E-state index in [2.05, 4.69) is 20.8 Å². The second-order valence-electron chi connectivity index (χ2n) is 4.35. The first-order valence-corrected chi connectivity index (χ1v) is 5.70. The Morgan fingerprint density at radius 2 is 2.29 bits per heavy atom. The Hall–Kier alpha value is -1.40. The predicted molar refractivity (Wildman–Crippen MR) is 63.9 cm³/mol. The molecule has 6 heteroatoms. The number of amides is 1. The number of nitrogens with zero attached hydrogens (tertiary/aromatic N) is 1. The Morgan fingerprint density at radius 3 is 2.82 bits per heavy atom. The Balaban J connectivity index is 1.98. The van der Waals surface area contributed by atoms with E-state index in [4.69, 9.17) is 4.74 Å². The molecule has 17 heavy (non-hydrogen) atoms. The number of nitrogens with one attached hydrogen (secondary N) is 3. The molecule has 1 aliphatic rings. The third-order valence-electron chi connectivity index (χ3n) is 3.12. The standard InChI is InChI=1S/C11H18N4O2/c1-6-10(7(2)15-14-6)13-11(16)9-4-8(17-3)5-12-9/h8-9,12H,4-5H2,1-3H3,(H,13,16)(H,14,15). The highest BCUT2D eigenvalue weighted by Gasteiger charge is 2.29. The summed E-state index contributed by atoms with van der Waals surface area (Å²) in [5, 5.41) is 12.9. The molecule has 6 nitrogen and oxygen atoms in total. The second-order valence-corrected chi connectivity index (χ2v) is 4.35. The Bertz CT molecular complexity index is 396. The van der Waals surface area contributed by atoms with Crippen LogP contribution in [-0.2, 0) is 9.53 Å². The number of aromatic amines is 1. The lowest BCUT2D eigenvalue weighted by atomic mass is 10.2. The van der Waals surface area contributed by atoms with Crippen LogP contribution >= 0.6 is 0 Å². The number of carbonyl (C=O) groups is 1. The summed E-state index contributed by atoms with van der Waals surface area (Å²) < 4.78 is 5.21. The number of carbonyl (C=O) groups excluding carboxylic acids is 1.